The Balaban J connectivity index is 1.99. The van der Waals surface area contributed by atoms with E-state index < -0.39 is 23.7 Å². The van der Waals surface area contributed by atoms with Gasteiger partial charge >= 0.3 is 5.97 Å². The lowest BCUT2D eigenvalue weighted by Gasteiger charge is -2.32. The van der Waals surface area contributed by atoms with Gasteiger partial charge in [0.15, 0.2) is 0 Å². The second-order valence-electron chi connectivity index (χ2n) is 4.84. The van der Waals surface area contributed by atoms with Gasteiger partial charge in [0.1, 0.15) is 11.6 Å². The average molecular weight is 299 g/mol. The van der Waals surface area contributed by atoms with Crippen LogP contribution in [-0.4, -0.2) is 47.7 Å². The summed E-state index contributed by atoms with van der Waals surface area (Å²) in [7, 11) is 0. The zero-order chi connectivity index (χ0) is 15.4. The van der Waals surface area contributed by atoms with Gasteiger partial charge in [-0.3, -0.25) is 9.59 Å². The number of morpholine rings is 1. The Kier molecular flexibility index (Phi) is 4.85. The molecule has 0 aromatic heterocycles. The molecular weight excluding hydrogens is 284 g/mol. The maximum Gasteiger partial charge on any atom is 0.306 e. The third-order valence-electron chi connectivity index (χ3n) is 3.24. The number of aliphatic carboxylic acids is 1. The molecule has 1 aliphatic rings. The molecule has 114 valence electrons. The summed E-state index contributed by atoms with van der Waals surface area (Å²) in [5.41, 5.74) is -0.0127. The quantitative estimate of drug-likeness (QED) is 0.907. The Labute approximate surface area is 120 Å². The lowest BCUT2D eigenvalue weighted by Crippen LogP contribution is -2.46. The highest BCUT2D eigenvalue weighted by molar-refractivity contribution is 5.79. The minimum atomic E-state index is -1.01. The van der Waals surface area contributed by atoms with Crippen molar-refractivity contribution >= 4 is 11.9 Å². The minimum Gasteiger partial charge on any atom is -0.481 e. The maximum atomic E-state index is 13.5. The first-order valence-corrected chi connectivity index (χ1v) is 6.51. The van der Waals surface area contributed by atoms with Crippen molar-refractivity contribution in [3.63, 3.8) is 0 Å². The van der Waals surface area contributed by atoms with E-state index in [4.69, 9.17) is 9.84 Å². The van der Waals surface area contributed by atoms with Crippen molar-refractivity contribution in [1.82, 2.24) is 4.90 Å². The van der Waals surface area contributed by atoms with Crippen LogP contribution in [-0.2, 0) is 20.7 Å². The first-order chi connectivity index (χ1) is 9.95. The van der Waals surface area contributed by atoms with E-state index in [1.165, 1.54) is 4.90 Å². The van der Waals surface area contributed by atoms with Crippen LogP contribution in [0.1, 0.15) is 12.0 Å². The highest BCUT2D eigenvalue weighted by Gasteiger charge is 2.26. The predicted octanol–water partition coefficient (Wildman–Crippen LogP) is 1.21. The summed E-state index contributed by atoms with van der Waals surface area (Å²) >= 11 is 0. The van der Waals surface area contributed by atoms with E-state index in [-0.39, 0.29) is 37.5 Å². The van der Waals surface area contributed by atoms with Crippen LogP contribution in [0.2, 0.25) is 0 Å². The summed E-state index contributed by atoms with van der Waals surface area (Å²) < 4.78 is 31.8. The maximum absolute atomic E-state index is 13.5. The Hall–Kier alpha value is -2.02. The number of benzene rings is 1. The van der Waals surface area contributed by atoms with Gasteiger partial charge in [-0.2, -0.15) is 0 Å². The minimum absolute atomic E-state index is 0.0127. The zero-order valence-corrected chi connectivity index (χ0v) is 11.2. The van der Waals surface area contributed by atoms with E-state index in [0.29, 0.717) is 6.54 Å². The van der Waals surface area contributed by atoms with Gasteiger partial charge in [0, 0.05) is 18.7 Å². The first-order valence-electron chi connectivity index (χ1n) is 6.51. The Morgan fingerprint density at radius 1 is 1.38 bits per heavy atom. The van der Waals surface area contributed by atoms with Gasteiger partial charge in [0.05, 0.1) is 25.6 Å². The van der Waals surface area contributed by atoms with Crippen molar-refractivity contribution in [3.05, 3.63) is 35.4 Å². The third-order valence-corrected chi connectivity index (χ3v) is 3.24. The first kappa shape index (κ1) is 15.4. The zero-order valence-electron chi connectivity index (χ0n) is 11.2. The fraction of sp³-hybridized carbons (Fsp3) is 0.429. The third kappa shape index (κ3) is 4.22. The van der Waals surface area contributed by atoms with Gasteiger partial charge in [-0.25, -0.2) is 8.78 Å². The van der Waals surface area contributed by atoms with Crippen molar-refractivity contribution in [1.29, 1.82) is 0 Å². The van der Waals surface area contributed by atoms with Crippen molar-refractivity contribution in [2.24, 2.45) is 0 Å². The Morgan fingerprint density at radius 3 is 2.86 bits per heavy atom. The number of hydrogen-bond donors (Lipinski definition) is 1. The predicted molar refractivity (Wildman–Crippen MR) is 68.6 cm³/mol. The summed E-state index contributed by atoms with van der Waals surface area (Å²) in [5, 5.41) is 8.72. The van der Waals surface area contributed by atoms with Crippen molar-refractivity contribution < 1.29 is 28.2 Å². The topological polar surface area (TPSA) is 66.8 Å². The highest BCUT2D eigenvalue weighted by atomic mass is 19.1. The van der Waals surface area contributed by atoms with Crippen LogP contribution < -0.4 is 0 Å². The van der Waals surface area contributed by atoms with Gasteiger partial charge in [-0.1, -0.05) is 0 Å². The number of nitrogens with zero attached hydrogens (tertiary/aromatic N) is 1. The monoisotopic (exact) mass is 299 g/mol. The molecular formula is C14H15F2NO4. The van der Waals surface area contributed by atoms with Gasteiger partial charge in [0.25, 0.3) is 0 Å². The average Bonchev–Trinajstić information content (AvgIpc) is 2.42. The van der Waals surface area contributed by atoms with Crippen LogP contribution in [0.4, 0.5) is 8.78 Å². The van der Waals surface area contributed by atoms with Crippen LogP contribution >= 0.6 is 0 Å². The number of rotatable bonds is 4. The Bertz CT molecular complexity index is 550. The number of carbonyl (C=O) groups is 2. The van der Waals surface area contributed by atoms with E-state index in [2.05, 4.69) is 0 Å². The molecule has 0 aliphatic carbocycles. The van der Waals surface area contributed by atoms with E-state index in [1.807, 2.05) is 0 Å². The van der Waals surface area contributed by atoms with Crippen LogP contribution in [0.15, 0.2) is 18.2 Å². The summed E-state index contributed by atoms with van der Waals surface area (Å²) in [6.45, 7) is 0.684. The van der Waals surface area contributed by atoms with Crippen molar-refractivity contribution in [2.45, 2.75) is 18.9 Å². The number of hydrogen-bond acceptors (Lipinski definition) is 3. The molecule has 1 aromatic carbocycles. The molecule has 5 nitrogen and oxygen atoms in total. The normalized spacial score (nSPS) is 18.6. The summed E-state index contributed by atoms with van der Waals surface area (Å²) in [4.78, 5) is 24.2. The second-order valence-corrected chi connectivity index (χ2v) is 4.84. The number of carbonyl (C=O) groups excluding carboxylic acids is 1. The highest BCUT2D eigenvalue weighted by Crippen LogP contribution is 2.14. The molecule has 1 fully saturated rings. The molecule has 2 rings (SSSR count). The van der Waals surface area contributed by atoms with Crippen LogP contribution in [0.5, 0.6) is 0 Å². The SMILES string of the molecule is O=C(O)C[C@@H]1CN(C(=O)Cc2cc(F)ccc2F)CCO1. The number of ether oxygens (including phenoxy) is 1. The van der Waals surface area contributed by atoms with Crippen LogP contribution in [0.3, 0.4) is 0 Å². The molecule has 0 radical (unpaired) electrons. The standard InChI is InChI=1S/C14H15F2NO4/c15-10-1-2-12(16)9(5-10)6-13(18)17-3-4-21-11(8-17)7-14(19)20/h1-2,5,11H,3-4,6-8H2,(H,19,20)/t11-/m1/s1. The van der Waals surface area contributed by atoms with E-state index in [9.17, 15) is 18.4 Å². The molecule has 1 atom stereocenters. The Morgan fingerprint density at radius 2 is 2.14 bits per heavy atom. The molecule has 21 heavy (non-hydrogen) atoms. The lowest BCUT2D eigenvalue weighted by molar-refractivity contribution is -0.147. The smallest absolute Gasteiger partial charge is 0.306 e. The van der Waals surface area contributed by atoms with Crippen molar-refractivity contribution in [3.8, 4) is 0 Å². The molecule has 1 aliphatic heterocycles. The van der Waals surface area contributed by atoms with Crippen molar-refractivity contribution in [2.75, 3.05) is 19.7 Å². The van der Waals surface area contributed by atoms with Gasteiger partial charge in [0.2, 0.25) is 5.91 Å². The fourth-order valence-corrected chi connectivity index (χ4v) is 2.22. The number of carboxylic acids is 1. The molecule has 1 heterocycles. The molecule has 7 heteroatoms. The summed E-state index contributed by atoms with van der Waals surface area (Å²) in [6.07, 6.45) is -1.03. The van der Waals surface area contributed by atoms with Crippen LogP contribution in [0, 0.1) is 11.6 Å². The number of carboxylic acid groups (broad SMARTS) is 1. The molecule has 1 N–H and O–H groups in total. The van der Waals surface area contributed by atoms with Crippen LogP contribution in [0.25, 0.3) is 0 Å². The number of amides is 1. The number of halogens is 2. The van der Waals surface area contributed by atoms with Gasteiger partial charge in [-0.15, -0.1) is 0 Å². The molecule has 0 saturated carbocycles. The van der Waals surface area contributed by atoms with E-state index in [0.717, 1.165) is 18.2 Å². The second kappa shape index (κ2) is 6.62. The molecule has 1 amide bonds. The summed E-state index contributed by atoms with van der Waals surface area (Å²) in [5.74, 6) is -2.63. The van der Waals surface area contributed by atoms with Gasteiger partial charge in [-0.05, 0) is 18.2 Å². The van der Waals surface area contributed by atoms with Gasteiger partial charge < -0.3 is 14.7 Å². The molecule has 0 unspecified atom stereocenters. The largest absolute Gasteiger partial charge is 0.481 e. The molecule has 1 saturated heterocycles. The summed E-state index contributed by atoms with van der Waals surface area (Å²) in [6, 6.07) is 2.95. The molecule has 1 aromatic rings. The fourth-order valence-electron chi connectivity index (χ4n) is 2.22. The van der Waals surface area contributed by atoms with E-state index in [1.54, 1.807) is 0 Å². The molecule has 0 bridgehead atoms. The van der Waals surface area contributed by atoms with E-state index >= 15 is 0 Å². The lowest BCUT2D eigenvalue weighted by atomic mass is 10.1. The molecule has 0 spiro atoms.